The van der Waals surface area contributed by atoms with Gasteiger partial charge < -0.3 is 10.5 Å². The smallest absolute Gasteiger partial charge is 0.244 e. The number of hydrogen-bond donors (Lipinski definition) is 1. The van der Waals surface area contributed by atoms with Gasteiger partial charge >= 0.3 is 0 Å². The van der Waals surface area contributed by atoms with Gasteiger partial charge in [0.2, 0.25) is 10.0 Å². The molecule has 0 heterocycles. The molecule has 0 spiro atoms. The molecule has 21 heavy (non-hydrogen) atoms. The molecule has 1 aliphatic carbocycles. The van der Waals surface area contributed by atoms with Gasteiger partial charge in [-0.05, 0) is 43.7 Å². The van der Waals surface area contributed by atoms with Crippen LogP contribution in [-0.2, 0) is 10.0 Å². The minimum absolute atomic E-state index is 0.106. The highest BCUT2D eigenvalue weighted by atomic mass is 32.2. The van der Waals surface area contributed by atoms with Crippen LogP contribution in [0.15, 0.2) is 23.1 Å². The zero-order valence-electron chi connectivity index (χ0n) is 12.9. The Kier molecular flexibility index (Phi) is 4.78. The summed E-state index contributed by atoms with van der Waals surface area (Å²) in [5, 5.41) is 0. The summed E-state index contributed by atoms with van der Waals surface area (Å²) in [5.74, 6) is 1.21. The van der Waals surface area contributed by atoms with E-state index in [0.29, 0.717) is 5.75 Å². The van der Waals surface area contributed by atoms with Gasteiger partial charge in [0.05, 0.1) is 11.8 Å². The van der Waals surface area contributed by atoms with Crippen LogP contribution in [0, 0.1) is 5.92 Å². The van der Waals surface area contributed by atoms with E-state index in [-0.39, 0.29) is 16.7 Å². The summed E-state index contributed by atoms with van der Waals surface area (Å²) >= 11 is 0. The number of nitrogens with zero attached hydrogens (tertiary/aromatic N) is 1. The van der Waals surface area contributed by atoms with Crippen LogP contribution in [0.3, 0.4) is 0 Å². The Balaban J connectivity index is 2.22. The zero-order chi connectivity index (χ0) is 15.6. The van der Waals surface area contributed by atoms with E-state index in [2.05, 4.69) is 6.92 Å². The number of hydrogen-bond acceptors (Lipinski definition) is 4. The molecule has 1 saturated carbocycles. The first-order valence-corrected chi connectivity index (χ1v) is 8.74. The quantitative estimate of drug-likeness (QED) is 0.867. The lowest BCUT2D eigenvalue weighted by molar-refractivity contribution is 0.136. The third-order valence-corrected chi connectivity index (χ3v) is 5.91. The summed E-state index contributed by atoms with van der Waals surface area (Å²) in [6.07, 6.45) is 4.39. The first-order valence-electron chi connectivity index (χ1n) is 7.30. The fraction of sp³-hybridized carbons (Fsp3) is 0.600. The van der Waals surface area contributed by atoms with Crippen LogP contribution in [0.4, 0.5) is 5.69 Å². The van der Waals surface area contributed by atoms with Crippen LogP contribution >= 0.6 is 0 Å². The van der Waals surface area contributed by atoms with Crippen LogP contribution in [0.5, 0.6) is 5.75 Å². The molecule has 1 aromatic rings. The predicted octanol–water partition coefficient (Wildman–Crippen LogP) is 2.48. The number of nitrogens with two attached hydrogens (primary N) is 1. The van der Waals surface area contributed by atoms with Crippen LogP contribution < -0.4 is 10.5 Å². The third kappa shape index (κ3) is 3.49. The Morgan fingerprint density at radius 1 is 1.19 bits per heavy atom. The molecule has 0 radical (unpaired) electrons. The first-order chi connectivity index (χ1) is 9.82. The van der Waals surface area contributed by atoms with E-state index >= 15 is 0 Å². The molecule has 0 unspecified atom stereocenters. The molecule has 118 valence electrons. The molecule has 2 rings (SSSR count). The van der Waals surface area contributed by atoms with E-state index in [4.69, 9.17) is 10.5 Å². The monoisotopic (exact) mass is 312 g/mol. The van der Waals surface area contributed by atoms with Crippen LogP contribution in [0.1, 0.15) is 32.6 Å². The topological polar surface area (TPSA) is 72.6 Å². The Morgan fingerprint density at radius 2 is 1.81 bits per heavy atom. The summed E-state index contributed by atoms with van der Waals surface area (Å²) in [4.78, 5) is 0.106. The first kappa shape index (κ1) is 16.1. The maximum atomic E-state index is 12.2. The van der Waals surface area contributed by atoms with Gasteiger partial charge in [-0.15, -0.1) is 0 Å². The molecular weight excluding hydrogens is 288 g/mol. The minimum Gasteiger partial charge on any atom is -0.488 e. The van der Waals surface area contributed by atoms with Gasteiger partial charge in [-0.3, -0.25) is 0 Å². The second-order valence-electron chi connectivity index (χ2n) is 5.96. The fourth-order valence-electron chi connectivity index (χ4n) is 2.58. The lowest BCUT2D eigenvalue weighted by atomic mass is 9.89. The van der Waals surface area contributed by atoms with E-state index < -0.39 is 10.0 Å². The molecule has 0 saturated heterocycles. The molecule has 6 heteroatoms. The number of ether oxygens (including phenoxy) is 1. The van der Waals surface area contributed by atoms with Gasteiger partial charge in [-0.1, -0.05) is 13.0 Å². The molecule has 0 bridgehead atoms. The molecule has 0 atom stereocenters. The molecule has 1 fully saturated rings. The number of sulfonamides is 1. The number of anilines is 1. The Hall–Kier alpha value is -1.27. The minimum atomic E-state index is -3.55. The summed E-state index contributed by atoms with van der Waals surface area (Å²) in [6.45, 7) is 2.24. The van der Waals surface area contributed by atoms with Crippen molar-refractivity contribution in [3.8, 4) is 5.75 Å². The van der Waals surface area contributed by atoms with E-state index in [9.17, 15) is 8.42 Å². The van der Waals surface area contributed by atoms with E-state index in [1.807, 2.05) is 0 Å². The second kappa shape index (κ2) is 6.23. The standard InChI is InChI=1S/C15H24N2O3S/c1-11-7-9-12(10-8-11)20-13-5-4-6-14(15(13)16)21(18,19)17(2)3/h4-6,11-12H,7-10,16H2,1-3H3. The third-order valence-electron chi connectivity index (χ3n) is 4.04. The molecule has 0 aliphatic heterocycles. The summed E-state index contributed by atoms with van der Waals surface area (Å²) in [6, 6.07) is 4.93. The Bertz CT molecular complexity index is 591. The van der Waals surface area contributed by atoms with Crippen LogP contribution in [0.25, 0.3) is 0 Å². The molecule has 5 nitrogen and oxygen atoms in total. The SMILES string of the molecule is CC1CCC(Oc2cccc(S(=O)(=O)N(C)C)c2N)CC1. The highest BCUT2D eigenvalue weighted by Gasteiger charge is 2.24. The molecule has 1 aliphatic rings. The van der Waals surface area contributed by atoms with Crippen molar-refractivity contribution >= 4 is 15.7 Å². The van der Waals surface area contributed by atoms with Crippen molar-refractivity contribution in [2.45, 2.75) is 43.6 Å². The zero-order valence-corrected chi connectivity index (χ0v) is 13.7. The number of para-hydroxylation sites is 1. The van der Waals surface area contributed by atoms with Gasteiger partial charge in [-0.25, -0.2) is 12.7 Å². The molecule has 2 N–H and O–H groups in total. The number of benzene rings is 1. The van der Waals surface area contributed by atoms with Crippen molar-refractivity contribution in [2.75, 3.05) is 19.8 Å². The predicted molar refractivity (Wildman–Crippen MR) is 83.8 cm³/mol. The van der Waals surface area contributed by atoms with Crippen molar-refractivity contribution in [1.29, 1.82) is 0 Å². The Labute approximate surface area is 127 Å². The molecular formula is C15H24N2O3S. The largest absolute Gasteiger partial charge is 0.488 e. The van der Waals surface area contributed by atoms with Gasteiger partial charge in [0.1, 0.15) is 10.6 Å². The average molecular weight is 312 g/mol. The fourth-order valence-corrected chi connectivity index (χ4v) is 3.60. The van der Waals surface area contributed by atoms with Gasteiger partial charge in [0.25, 0.3) is 0 Å². The van der Waals surface area contributed by atoms with Gasteiger partial charge in [0, 0.05) is 14.1 Å². The van der Waals surface area contributed by atoms with Crippen molar-refractivity contribution < 1.29 is 13.2 Å². The molecule has 0 aromatic heterocycles. The van der Waals surface area contributed by atoms with Crippen LogP contribution in [0.2, 0.25) is 0 Å². The highest BCUT2D eigenvalue weighted by molar-refractivity contribution is 7.89. The summed E-state index contributed by atoms with van der Waals surface area (Å²) in [7, 11) is -0.570. The lowest BCUT2D eigenvalue weighted by Crippen LogP contribution is -2.25. The van der Waals surface area contributed by atoms with E-state index in [0.717, 1.165) is 35.9 Å². The Morgan fingerprint density at radius 3 is 2.38 bits per heavy atom. The average Bonchev–Trinajstić information content (AvgIpc) is 2.43. The maximum absolute atomic E-state index is 12.2. The molecule has 0 amide bonds. The number of nitrogen functional groups attached to an aromatic ring is 1. The summed E-state index contributed by atoms with van der Waals surface area (Å²) < 4.78 is 31.6. The van der Waals surface area contributed by atoms with Gasteiger partial charge in [-0.2, -0.15) is 0 Å². The highest BCUT2D eigenvalue weighted by Crippen LogP contribution is 2.33. The lowest BCUT2D eigenvalue weighted by Gasteiger charge is -2.27. The normalized spacial score (nSPS) is 23.2. The second-order valence-corrected chi connectivity index (χ2v) is 8.08. The van der Waals surface area contributed by atoms with Crippen LogP contribution in [-0.4, -0.2) is 32.9 Å². The van der Waals surface area contributed by atoms with Crippen molar-refractivity contribution in [1.82, 2.24) is 4.31 Å². The summed E-state index contributed by atoms with van der Waals surface area (Å²) in [5.41, 5.74) is 6.22. The molecule has 1 aromatic carbocycles. The number of rotatable bonds is 4. The van der Waals surface area contributed by atoms with Crippen molar-refractivity contribution in [3.05, 3.63) is 18.2 Å². The van der Waals surface area contributed by atoms with Gasteiger partial charge in [0.15, 0.2) is 0 Å². The van der Waals surface area contributed by atoms with E-state index in [1.54, 1.807) is 12.1 Å². The van der Waals surface area contributed by atoms with Crippen molar-refractivity contribution in [3.63, 3.8) is 0 Å². The maximum Gasteiger partial charge on any atom is 0.244 e. The van der Waals surface area contributed by atoms with E-state index in [1.165, 1.54) is 20.2 Å². The van der Waals surface area contributed by atoms with Crippen molar-refractivity contribution in [2.24, 2.45) is 5.92 Å².